The van der Waals surface area contributed by atoms with Crippen molar-refractivity contribution in [1.82, 2.24) is 14.8 Å². The van der Waals surface area contributed by atoms with Crippen molar-refractivity contribution < 1.29 is 4.79 Å². The van der Waals surface area contributed by atoms with E-state index < -0.39 is 0 Å². The maximum atomic E-state index is 12.2. The first-order chi connectivity index (χ1) is 11.0. The van der Waals surface area contributed by atoms with Crippen molar-refractivity contribution >= 4 is 57.9 Å². The summed E-state index contributed by atoms with van der Waals surface area (Å²) in [7, 11) is 1.88. The van der Waals surface area contributed by atoms with Gasteiger partial charge in [-0.15, -0.1) is 21.5 Å². The van der Waals surface area contributed by atoms with E-state index in [0.717, 1.165) is 10.1 Å². The molecule has 1 amide bonds. The second-order valence-electron chi connectivity index (χ2n) is 4.54. The van der Waals surface area contributed by atoms with Gasteiger partial charge in [-0.25, -0.2) is 0 Å². The Hall–Kier alpha value is -1.54. The van der Waals surface area contributed by atoms with Gasteiger partial charge in [0, 0.05) is 17.6 Å². The Balaban J connectivity index is 1.69. The molecule has 1 N–H and O–H groups in total. The molecule has 23 heavy (non-hydrogen) atoms. The molecule has 0 radical (unpaired) electrons. The van der Waals surface area contributed by atoms with Gasteiger partial charge in [-0.1, -0.05) is 23.2 Å². The number of aromatic nitrogens is 3. The molecule has 0 fully saturated rings. The zero-order valence-electron chi connectivity index (χ0n) is 11.8. The highest BCUT2D eigenvalue weighted by Gasteiger charge is 2.14. The van der Waals surface area contributed by atoms with Crippen LogP contribution in [0, 0.1) is 0 Å². The summed E-state index contributed by atoms with van der Waals surface area (Å²) in [5, 5.41) is 11.4. The van der Waals surface area contributed by atoms with E-state index in [4.69, 9.17) is 23.2 Å². The lowest BCUT2D eigenvalue weighted by atomic mass is 10.3. The lowest BCUT2D eigenvalue weighted by molar-refractivity contribution is 0.102. The van der Waals surface area contributed by atoms with Crippen LogP contribution in [0.5, 0.6) is 0 Å². The second kappa shape index (κ2) is 6.92. The number of hydrogen-bond donors (Lipinski definition) is 1. The number of halogens is 2. The summed E-state index contributed by atoms with van der Waals surface area (Å²) in [5.74, 6) is -0.285. The standard InChI is InChI=1S/C14H10Cl2N4OS2/c1-20-7-17-19-14(20)22-9-4-2-8(3-5-9)18-13(21)10-6-11(15)23-12(10)16/h2-7H,1H3,(H,18,21). The Morgan fingerprint density at radius 1 is 1.30 bits per heavy atom. The fourth-order valence-corrected chi connectivity index (χ4v) is 3.99. The molecule has 2 heterocycles. The molecule has 0 aliphatic carbocycles. The molecule has 5 nitrogen and oxygen atoms in total. The van der Waals surface area contributed by atoms with E-state index in [1.54, 1.807) is 12.4 Å². The number of aryl methyl sites for hydroxylation is 1. The number of thiophene rings is 1. The lowest BCUT2D eigenvalue weighted by Crippen LogP contribution is -2.11. The fourth-order valence-electron chi connectivity index (χ4n) is 1.77. The molecule has 0 saturated carbocycles. The summed E-state index contributed by atoms with van der Waals surface area (Å²) < 4.78 is 2.69. The van der Waals surface area contributed by atoms with Crippen LogP contribution in [0.2, 0.25) is 8.67 Å². The maximum absolute atomic E-state index is 12.2. The minimum absolute atomic E-state index is 0.285. The number of amides is 1. The van der Waals surface area contributed by atoms with Crippen molar-refractivity contribution in [2.45, 2.75) is 10.1 Å². The quantitative estimate of drug-likeness (QED) is 0.714. The number of carbonyl (C=O) groups is 1. The zero-order valence-corrected chi connectivity index (χ0v) is 14.9. The highest BCUT2D eigenvalue weighted by atomic mass is 35.5. The summed E-state index contributed by atoms with van der Waals surface area (Å²) in [5.41, 5.74) is 1.05. The minimum Gasteiger partial charge on any atom is -0.322 e. The van der Waals surface area contributed by atoms with Crippen LogP contribution in [-0.4, -0.2) is 20.7 Å². The van der Waals surface area contributed by atoms with Crippen LogP contribution in [0.15, 0.2) is 46.7 Å². The maximum Gasteiger partial charge on any atom is 0.258 e. The molecule has 0 aliphatic rings. The monoisotopic (exact) mass is 384 g/mol. The molecular formula is C14H10Cl2N4OS2. The molecule has 0 atom stereocenters. The number of nitrogens with zero attached hydrogens (tertiary/aromatic N) is 3. The van der Waals surface area contributed by atoms with Gasteiger partial charge in [0.1, 0.15) is 10.7 Å². The van der Waals surface area contributed by atoms with Crippen LogP contribution < -0.4 is 5.32 Å². The molecule has 0 spiro atoms. The van der Waals surface area contributed by atoms with Crippen molar-refractivity contribution in [2.24, 2.45) is 7.05 Å². The normalized spacial score (nSPS) is 10.7. The SMILES string of the molecule is Cn1cnnc1Sc1ccc(NC(=O)c2cc(Cl)sc2Cl)cc1. The van der Waals surface area contributed by atoms with Crippen LogP contribution in [0.25, 0.3) is 0 Å². The van der Waals surface area contributed by atoms with E-state index in [0.29, 0.717) is 19.9 Å². The van der Waals surface area contributed by atoms with Crippen LogP contribution in [0.1, 0.15) is 10.4 Å². The predicted octanol–water partition coefficient (Wildman–Crippen LogP) is 4.59. The Kier molecular flexibility index (Phi) is 4.91. The van der Waals surface area contributed by atoms with E-state index in [-0.39, 0.29) is 5.91 Å². The summed E-state index contributed by atoms with van der Waals surface area (Å²) in [6, 6.07) is 8.99. The Labute approximate surface area is 150 Å². The fraction of sp³-hybridized carbons (Fsp3) is 0.0714. The number of nitrogens with one attached hydrogen (secondary N) is 1. The predicted molar refractivity (Wildman–Crippen MR) is 93.9 cm³/mol. The van der Waals surface area contributed by atoms with Gasteiger partial charge < -0.3 is 9.88 Å². The first-order valence-corrected chi connectivity index (χ1v) is 8.80. The van der Waals surface area contributed by atoms with Crippen LogP contribution >= 0.6 is 46.3 Å². The third-order valence-corrected chi connectivity index (χ3v) is 5.44. The van der Waals surface area contributed by atoms with Gasteiger partial charge >= 0.3 is 0 Å². The number of carbonyl (C=O) groups excluding carboxylic acids is 1. The van der Waals surface area contributed by atoms with E-state index in [9.17, 15) is 4.79 Å². The molecule has 2 aromatic heterocycles. The van der Waals surface area contributed by atoms with Crippen molar-refractivity contribution in [3.63, 3.8) is 0 Å². The van der Waals surface area contributed by atoms with E-state index in [1.807, 2.05) is 35.9 Å². The molecule has 1 aromatic carbocycles. The van der Waals surface area contributed by atoms with Crippen molar-refractivity contribution in [2.75, 3.05) is 5.32 Å². The second-order valence-corrected chi connectivity index (χ2v) is 7.87. The first kappa shape index (κ1) is 16.3. The molecule has 0 aliphatic heterocycles. The molecule has 3 aromatic rings. The van der Waals surface area contributed by atoms with Crippen LogP contribution in [-0.2, 0) is 7.05 Å². The summed E-state index contributed by atoms with van der Waals surface area (Å²) >= 11 is 14.5. The highest BCUT2D eigenvalue weighted by Crippen LogP contribution is 2.32. The largest absolute Gasteiger partial charge is 0.322 e. The highest BCUT2D eigenvalue weighted by molar-refractivity contribution is 7.99. The lowest BCUT2D eigenvalue weighted by Gasteiger charge is -2.06. The third kappa shape index (κ3) is 3.87. The molecule has 3 rings (SSSR count). The molecule has 118 valence electrons. The average molecular weight is 385 g/mol. The van der Waals surface area contributed by atoms with E-state index in [1.165, 1.54) is 23.1 Å². The number of anilines is 1. The van der Waals surface area contributed by atoms with Gasteiger partial charge in [-0.2, -0.15) is 0 Å². The summed E-state index contributed by atoms with van der Waals surface area (Å²) in [6.07, 6.45) is 1.65. The van der Waals surface area contributed by atoms with E-state index >= 15 is 0 Å². The van der Waals surface area contributed by atoms with Gasteiger partial charge in [0.05, 0.1) is 9.90 Å². The smallest absolute Gasteiger partial charge is 0.258 e. The Morgan fingerprint density at radius 3 is 2.61 bits per heavy atom. The van der Waals surface area contributed by atoms with Gasteiger partial charge in [0.25, 0.3) is 5.91 Å². The van der Waals surface area contributed by atoms with E-state index in [2.05, 4.69) is 15.5 Å². The van der Waals surface area contributed by atoms with Crippen LogP contribution in [0.3, 0.4) is 0 Å². The minimum atomic E-state index is -0.285. The number of benzene rings is 1. The molecule has 9 heteroatoms. The van der Waals surface area contributed by atoms with Crippen molar-refractivity contribution in [1.29, 1.82) is 0 Å². The first-order valence-electron chi connectivity index (χ1n) is 6.41. The topological polar surface area (TPSA) is 59.8 Å². The van der Waals surface area contributed by atoms with Gasteiger partial charge in [-0.05, 0) is 42.1 Å². The Morgan fingerprint density at radius 2 is 2.04 bits per heavy atom. The van der Waals surface area contributed by atoms with Gasteiger partial charge in [-0.3, -0.25) is 4.79 Å². The molecule has 0 bridgehead atoms. The zero-order chi connectivity index (χ0) is 16.4. The molecular weight excluding hydrogens is 375 g/mol. The van der Waals surface area contributed by atoms with Crippen molar-refractivity contribution in [3.8, 4) is 0 Å². The third-order valence-electron chi connectivity index (χ3n) is 2.89. The number of hydrogen-bond acceptors (Lipinski definition) is 5. The Bertz CT molecular complexity index is 845. The van der Waals surface area contributed by atoms with Gasteiger partial charge in [0.2, 0.25) is 0 Å². The molecule has 0 unspecified atom stereocenters. The number of rotatable bonds is 4. The average Bonchev–Trinajstić information content (AvgIpc) is 3.07. The van der Waals surface area contributed by atoms with Crippen molar-refractivity contribution in [3.05, 3.63) is 50.9 Å². The molecule has 0 saturated heterocycles. The van der Waals surface area contributed by atoms with Gasteiger partial charge in [0.15, 0.2) is 5.16 Å². The summed E-state index contributed by atoms with van der Waals surface area (Å²) in [6.45, 7) is 0. The van der Waals surface area contributed by atoms with Crippen LogP contribution in [0.4, 0.5) is 5.69 Å². The summed E-state index contributed by atoms with van der Waals surface area (Å²) in [4.78, 5) is 13.2.